The van der Waals surface area contributed by atoms with Gasteiger partial charge in [-0.3, -0.25) is 9.52 Å². The number of amides is 2. The number of sulfonamides is 1. The molecule has 30 heavy (non-hydrogen) atoms. The molecule has 1 aliphatic heterocycles. The maximum absolute atomic E-state index is 13.0. The van der Waals surface area contributed by atoms with Gasteiger partial charge in [0.1, 0.15) is 5.82 Å². The van der Waals surface area contributed by atoms with E-state index < -0.39 is 21.9 Å². The molecule has 160 valence electrons. The highest BCUT2D eigenvalue weighted by Gasteiger charge is 2.26. The van der Waals surface area contributed by atoms with Crippen LogP contribution in [0.25, 0.3) is 0 Å². The van der Waals surface area contributed by atoms with Gasteiger partial charge in [0, 0.05) is 37.4 Å². The van der Waals surface area contributed by atoms with E-state index in [-0.39, 0.29) is 28.7 Å². The van der Waals surface area contributed by atoms with Crippen molar-refractivity contribution in [2.24, 2.45) is 0 Å². The molecule has 0 spiro atoms. The summed E-state index contributed by atoms with van der Waals surface area (Å²) in [4.78, 5) is 27.6. The number of ether oxygens (including phenoxy) is 1. The molecule has 0 bridgehead atoms. The lowest BCUT2D eigenvalue weighted by molar-refractivity contribution is 0.0570. The number of benzene rings is 2. The number of hydrogen-bond acceptors (Lipinski definition) is 5. The summed E-state index contributed by atoms with van der Waals surface area (Å²) in [5, 5.41) is 0. The first kappa shape index (κ1) is 21.6. The summed E-state index contributed by atoms with van der Waals surface area (Å²) in [6, 6.07) is 10.6. The summed E-state index contributed by atoms with van der Waals surface area (Å²) in [5.74, 6) is -0.800. The molecule has 1 aliphatic rings. The Morgan fingerprint density at radius 2 is 1.67 bits per heavy atom. The first-order valence-corrected chi connectivity index (χ1v) is 10.9. The van der Waals surface area contributed by atoms with Gasteiger partial charge in [-0.2, -0.15) is 0 Å². The largest absolute Gasteiger partial charge is 0.450 e. The van der Waals surface area contributed by atoms with Crippen LogP contribution in [-0.2, 0) is 14.8 Å². The van der Waals surface area contributed by atoms with Crippen molar-refractivity contribution in [2.45, 2.75) is 11.8 Å². The Balaban J connectivity index is 1.69. The smallest absolute Gasteiger partial charge is 0.409 e. The van der Waals surface area contributed by atoms with Crippen LogP contribution in [0.15, 0.2) is 53.4 Å². The summed E-state index contributed by atoms with van der Waals surface area (Å²) in [5.41, 5.74) is 0.435. The molecule has 2 aromatic carbocycles. The van der Waals surface area contributed by atoms with Crippen molar-refractivity contribution in [2.75, 3.05) is 37.5 Å². The molecule has 0 atom stereocenters. The molecular weight excluding hydrogens is 413 g/mol. The summed E-state index contributed by atoms with van der Waals surface area (Å²) >= 11 is 0. The second-order valence-corrected chi connectivity index (χ2v) is 8.30. The molecule has 8 nitrogen and oxygen atoms in total. The van der Waals surface area contributed by atoms with Gasteiger partial charge in [0.2, 0.25) is 0 Å². The number of rotatable bonds is 5. The Morgan fingerprint density at radius 1 is 1.03 bits per heavy atom. The van der Waals surface area contributed by atoms with E-state index in [9.17, 15) is 22.4 Å². The van der Waals surface area contributed by atoms with Crippen molar-refractivity contribution < 1.29 is 27.1 Å². The number of carbonyl (C=O) groups is 2. The fourth-order valence-corrected chi connectivity index (χ4v) is 4.12. The number of piperazine rings is 1. The number of hydrogen-bond donors (Lipinski definition) is 1. The van der Waals surface area contributed by atoms with Gasteiger partial charge in [-0.25, -0.2) is 17.6 Å². The summed E-state index contributed by atoms with van der Waals surface area (Å²) in [7, 11) is -3.95. The Labute approximate surface area is 174 Å². The molecule has 0 aliphatic carbocycles. The molecule has 1 saturated heterocycles. The molecular formula is C20H22FN3O5S. The highest BCUT2D eigenvalue weighted by atomic mass is 32.2. The number of carbonyl (C=O) groups excluding carboxylic acids is 2. The Hall–Kier alpha value is -3.14. The molecule has 0 aromatic heterocycles. The molecule has 0 saturated carbocycles. The van der Waals surface area contributed by atoms with Crippen LogP contribution in [0.2, 0.25) is 0 Å². The average Bonchev–Trinajstić information content (AvgIpc) is 2.75. The molecule has 0 radical (unpaired) electrons. The first-order chi connectivity index (χ1) is 14.3. The number of nitrogens with one attached hydrogen (secondary N) is 1. The van der Waals surface area contributed by atoms with E-state index in [0.29, 0.717) is 26.2 Å². The normalized spacial score (nSPS) is 14.3. The zero-order valence-electron chi connectivity index (χ0n) is 16.4. The maximum atomic E-state index is 13.0. The van der Waals surface area contributed by atoms with Crippen LogP contribution in [0.3, 0.4) is 0 Å². The van der Waals surface area contributed by atoms with E-state index in [1.807, 2.05) is 0 Å². The SMILES string of the molecule is CCOC(=O)N1CCN(C(=O)c2cccc(S(=O)(=O)Nc3ccc(F)cc3)c2)CC1. The molecule has 2 aromatic rings. The van der Waals surface area contributed by atoms with Crippen LogP contribution < -0.4 is 4.72 Å². The minimum absolute atomic E-state index is 0.0807. The number of halogens is 1. The van der Waals surface area contributed by atoms with E-state index in [1.165, 1.54) is 41.3 Å². The van der Waals surface area contributed by atoms with Gasteiger partial charge in [-0.1, -0.05) is 6.07 Å². The lowest BCUT2D eigenvalue weighted by Crippen LogP contribution is -2.50. The van der Waals surface area contributed by atoms with Gasteiger partial charge < -0.3 is 14.5 Å². The zero-order valence-corrected chi connectivity index (χ0v) is 17.2. The lowest BCUT2D eigenvalue weighted by atomic mass is 10.2. The van der Waals surface area contributed by atoms with Crippen molar-refractivity contribution in [3.63, 3.8) is 0 Å². The highest BCUT2D eigenvalue weighted by molar-refractivity contribution is 7.92. The van der Waals surface area contributed by atoms with Crippen LogP contribution in [0.4, 0.5) is 14.9 Å². The third-order valence-corrected chi connectivity index (χ3v) is 5.96. The Kier molecular flexibility index (Phi) is 6.56. The number of anilines is 1. The zero-order chi connectivity index (χ0) is 21.7. The molecule has 1 N–H and O–H groups in total. The second-order valence-electron chi connectivity index (χ2n) is 6.62. The van der Waals surface area contributed by atoms with E-state index in [0.717, 1.165) is 12.1 Å². The summed E-state index contributed by atoms with van der Waals surface area (Å²) < 4.78 is 45.6. The van der Waals surface area contributed by atoms with Gasteiger partial charge in [-0.05, 0) is 49.4 Å². The van der Waals surface area contributed by atoms with E-state index in [1.54, 1.807) is 11.8 Å². The maximum Gasteiger partial charge on any atom is 0.409 e. The van der Waals surface area contributed by atoms with E-state index in [4.69, 9.17) is 4.74 Å². The predicted octanol–water partition coefficient (Wildman–Crippen LogP) is 2.54. The van der Waals surface area contributed by atoms with Crippen LogP contribution in [0, 0.1) is 5.82 Å². The molecule has 1 fully saturated rings. The van der Waals surface area contributed by atoms with Gasteiger partial charge in [0.15, 0.2) is 0 Å². The van der Waals surface area contributed by atoms with Crippen LogP contribution in [0.5, 0.6) is 0 Å². The second kappa shape index (κ2) is 9.12. The van der Waals surface area contributed by atoms with Crippen LogP contribution >= 0.6 is 0 Å². The minimum atomic E-state index is -3.95. The average molecular weight is 435 g/mol. The summed E-state index contributed by atoms with van der Waals surface area (Å²) in [6.07, 6.45) is -0.412. The van der Waals surface area contributed by atoms with E-state index >= 15 is 0 Å². The quantitative estimate of drug-likeness (QED) is 0.779. The molecule has 3 rings (SSSR count). The first-order valence-electron chi connectivity index (χ1n) is 9.39. The minimum Gasteiger partial charge on any atom is -0.450 e. The topological polar surface area (TPSA) is 96.0 Å². The molecule has 0 unspecified atom stereocenters. The standard InChI is InChI=1S/C20H22FN3O5S/c1-2-29-20(26)24-12-10-23(11-13-24)19(25)15-4-3-5-18(14-15)30(27,28)22-17-8-6-16(21)7-9-17/h3-9,14,22H,2,10-13H2,1H3. The fraction of sp³-hybridized carbons (Fsp3) is 0.300. The monoisotopic (exact) mass is 435 g/mol. The van der Waals surface area contributed by atoms with Crippen molar-refractivity contribution in [3.8, 4) is 0 Å². The lowest BCUT2D eigenvalue weighted by Gasteiger charge is -2.34. The van der Waals surface area contributed by atoms with Gasteiger partial charge in [0.05, 0.1) is 11.5 Å². The Bertz CT molecular complexity index is 1020. The van der Waals surface area contributed by atoms with Gasteiger partial charge in [0.25, 0.3) is 15.9 Å². The third-order valence-electron chi connectivity index (χ3n) is 4.58. The van der Waals surface area contributed by atoms with Crippen LogP contribution in [0.1, 0.15) is 17.3 Å². The fourth-order valence-electron chi connectivity index (χ4n) is 3.02. The van der Waals surface area contributed by atoms with Gasteiger partial charge >= 0.3 is 6.09 Å². The summed E-state index contributed by atoms with van der Waals surface area (Å²) in [6.45, 7) is 3.34. The van der Waals surface area contributed by atoms with E-state index in [2.05, 4.69) is 4.72 Å². The molecule has 1 heterocycles. The van der Waals surface area contributed by atoms with Crippen molar-refractivity contribution in [1.82, 2.24) is 9.80 Å². The van der Waals surface area contributed by atoms with Gasteiger partial charge in [-0.15, -0.1) is 0 Å². The van der Waals surface area contributed by atoms with Crippen molar-refractivity contribution >= 4 is 27.7 Å². The molecule has 2 amide bonds. The van der Waals surface area contributed by atoms with Crippen LogP contribution in [-0.4, -0.2) is 63.0 Å². The highest BCUT2D eigenvalue weighted by Crippen LogP contribution is 2.19. The predicted molar refractivity (Wildman–Crippen MR) is 108 cm³/mol. The van der Waals surface area contributed by atoms with Crippen molar-refractivity contribution in [1.29, 1.82) is 0 Å². The number of nitrogens with zero attached hydrogens (tertiary/aromatic N) is 2. The Morgan fingerprint density at radius 3 is 2.30 bits per heavy atom. The molecule has 10 heteroatoms. The third kappa shape index (κ3) is 5.07. The van der Waals surface area contributed by atoms with Crippen molar-refractivity contribution in [3.05, 3.63) is 59.9 Å².